The lowest BCUT2D eigenvalue weighted by atomic mass is 10.0. The molecule has 1 heterocycles. The van der Waals surface area contributed by atoms with Gasteiger partial charge in [-0.05, 0) is 35.9 Å². The topological polar surface area (TPSA) is 49.4 Å². The lowest BCUT2D eigenvalue weighted by molar-refractivity contribution is -0.128. The van der Waals surface area contributed by atoms with E-state index >= 15 is 0 Å². The van der Waals surface area contributed by atoms with Gasteiger partial charge in [-0.15, -0.1) is 0 Å². The van der Waals surface area contributed by atoms with Crippen LogP contribution in [0.5, 0.6) is 0 Å². The van der Waals surface area contributed by atoms with Crippen molar-refractivity contribution in [2.45, 2.75) is 6.04 Å². The third-order valence-electron chi connectivity index (χ3n) is 3.77. The van der Waals surface area contributed by atoms with Crippen molar-refractivity contribution < 1.29 is 18.4 Å². The number of hydrogen-bond acceptors (Lipinski definition) is 2. The van der Waals surface area contributed by atoms with Gasteiger partial charge in [0, 0.05) is 23.1 Å². The van der Waals surface area contributed by atoms with E-state index in [2.05, 4.69) is 21.2 Å². The van der Waals surface area contributed by atoms with E-state index in [-0.39, 0.29) is 18.0 Å². The quantitative estimate of drug-likeness (QED) is 0.850. The van der Waals surface area contributed by atoms with Crippen LogP contribution in [0.25, 0.3) is 0 Å². The first-order chi connectivity index (χ1) is 11.5. The van der Waals surface area contributed by atoms with Gasteiger partial charge in [-0.2, -0.15) is 0 Å². The van der Waals surface area contributed by atoms with Crippen molar-refractivity contribution in [2.75, 3.05) is 13.1 Å². The van der Waals surface area contributed by atoms with Crippen molar-refractivity contribution in [1.82, 2.24) is 10.2 Å². The van der Waals surface area contributed by atoms with E-state index in [1.54, 1.807) is 0 Å². The summed E-state index contributed by atoms with van der Waals surface area (Å²) < 4.78 is 27.1. The first-order valence-corrected chi connectivity index (χ1v) is 8.05. The van der Waals surface area contributed by atoms with Crippen molar-refractivity contribution >= 4 is 27.7 Å². The van der Waals surface area contributed by atoms with Crippen LogP contribution in [-0.2, 0) is 4.79 Å². The Morgan fingerprint density at radius 1 is 1.12 bits per heavy atom. The van der Waals surface area contributed by atoms with E-state index in [0.29, 0.717) is 16.6 Å². The maximum Gasteiger partial charge on any atom is 0.255 e. The Balaban J connectivity index is 1.98. The van der Waals surface area contributed by atoms with Crippen LogP contribution in [0, 0.1) is 11.6 Å². The number of carbonyl (C=O) groups is 2. The number of rotatable bonds is 2. The molecule has 24 heavy (non-hydrogen) atoms. The van der Waals surface area contributed by atoms with Gasteiger partial charge in [0.15, 0.2) is 0 Å². The summed E-state index contributed by atoms with van der Waals surface area (Å²) in [6.07, 6.45) is 0. The van der Waals surface area contributed by atoms with Crippen molar-refractivity contribution in [2.24, 2.45) is 0 Å². The molecule has 0 spiro atoms. The highest BCUT2D eigenvalue weighted by atomic mass is 79.9. The van der Waals surface area contributed by atoms with Crippen molar-refractivity contribution in [1.29, 1.82) is 0 Å². The molecule has 3 rings (SSSR count). The Labute approximate surface area is 145 Å². The number of hydrogen-bond donors (Lipinski definition) is 1. The summed E-state index contributed by atoms with van der Waals surface area (Å²) in [6, 6.07) is 8.39. The van der Waals surface area contributed by atoms with E-state index in [0.717, 1.165) is 6.07 Å². The van der Waals surface area contributed by atoms with Crippen LogP contribution in [0.3, 0.4) is 0 Å². The van der Waals surface area contributed by atoms with Crippen LogP contribution in [0.15, 0.2) is 46.9 Å². The van der Waals surface area contributed by atoms with Crippen molar-refractivity contribution in [3.63, 3.8) is 0 Å². The Kier molecular flexibility index (Phi) is 4.62. The number of nitrogens with one attached hydrogen (secondary N) is 1. The molecule has 2 amide bonds. The van der Waals surface area contributed by atoms with Gasteiger partial charge >= 0.3 is 0 Å². The average molecular weight is 395 g/mol. The Morgan fingerprint density at radius 3 is 2.50 bits per heavy atom. The fraction of sp³-hybridized carbons (Fsp3) is 0.176. The van der Waals surface area contributed by atoms with Gasteiger partial charge in [-0.3, -0.25) is 9.59 Å². The van der Waals surface area contributed by atoms with Gasteiger partial charge in [-0.1, -0.05) is 28.1 Å². The van der Waals surface area contributed by atoms with Crippen LogP contribution < -0.4 is 5.32 Å². The summed E-state index contributed by atoms with van der Waals surface area (Å²) in [7, 11) is 0. The van der Waals surface area contributed by atoms with Crippen molar-refractivity contribution in [3.05, 3.63) is 69.7 Å². The largest absolute Gasteiger partial charge is 0.352 e. The van der Waals surface area contributed by atoms with Crippen LogP contribution in [0.4, 0.5) is 8.78 Å². The van der Waals surface area contributed by atoms with Gasteiger partial charge in [0.25, 0.3) is 5.91 Å². The maximum atomic E-state index is 13.6. The molecule has 7 heteroatoms. The molecule has 0 aliphatic carbocycles. The molecule has 0 bridgehead atoms. The standard InChI is InChI=1S/C17H13BrF2N2O2/c18-12-7-11(8-14(20)9-12)17(24)22-6-5-21-16(23)15(22)10-1-3-13(19)4-2-10/h1-4,7-9,15H,5-6H2,(H,21,23). The minimum Gasteiger partial charge on any atom is -0.352 e. The molecule has 2 aromatic carbocycles. The second-order valence-electron chi connectivity index (χ2n) is 5.40. The lowest BCUT2D eigenvalue weighted by Crippen LogP contribution is -2.52. The molecule has 1 aliphatic heterocycles. The molecule has 2 aromatic rings. The number of carbonyl (C=O) groups excluding carboxylic acids is 2. The van der Waals surface area contributed by atoms with Gasteiger partial charge in [0.05, 0.1) is 0 Å². The maximum absolute atomic E-state index is 13.6. The number of benzene rings is 2. The number of nitrogens with zero attached hydrogens (tertiary/aromatic N) is 1. The van der Waals surface area contributed by atoms with Crippen LogP contribution in [0.1, 0.15) is 22.0 Å². The zero-order chi connectivity index (χ0) is 17.3. The molecule has 0 aromatic heterocycles. The predicted octanol–water partition coefficient (Wildman–Crippen LogP) is 3.04. The normalized spacial score (nSPS) is 17.5. The SMILES string of the molecule is O=C1NCCN(C(=O)c2cc(F)cc(Br)c2)C1c1ccc(F)cc1. The number of amides is 2. The smallest absolute Gasteiger partial charge is 0.255 e. The second-order valence-corrected chi connectivity index (χ2v) is 6.32. The summed E-state index contributed by atoms with van der Waals surface area (Å²) in [4.78, 5) is 26.4. The Hall–Kier alpha value is -2.28. The summed E-state index contributed by atoms with van der Waals surface area (Å²) >= 11 is 3.15. The summed E-state index contributed by atoms with van der Waals surface area (Å²) in [5.74, 6) is -1.79. The lowest BCUT2D eigenvalue weighted by Gasteiger charge is -2.35. The summed E-state index contributed by atoms with van der Waals surface area (Å²) in [5.41, 5.74) is 0.640. The molecular formula is C17H13BrF2N2O2. The number of piperazine rings is 1. The fourth-order valence-electron chi connectivity index (χ4n) is 2.71. The average Bonchev–Trinajstić information content (AvgIpc) is 2.54. The Bertz CT molecular complexity index is 775. The van der Waals surface area contributed by atoms with E-state index in [1.807, 2.05) is 0 Å². The molecule has 1 atom stereocenters. The van der Waals surface area contributed by atoms with Gasteiger partial charge in [0.1, 0.15) is 17.7 Å². The van der Waals surface area contributed by atoms with Crippen LogP contribution in [0.2, 0.25) is 0 Å². The highest BCUT2D eigenvalue weighted by Gasteiger charge is 2.35. The minimum atomic E-state index is -0.881. The zero-order valence-corrected chi connectivity index (χ0v) is 14.0. The minimum absolute atomic E-state index is 0.142. The summed E-state index contributed by atoms with van der Waals surface area (Å²) in [5, 5.41) is 2.69. The van der Waals surface area contributed by atoms with Gasteiger partial charge < -0.3 is 10.2 Å². The van der Waals surface area contributed by atoms with Gasteiger partial charge in [-0.25, -0.2) is 8.78 Å². The number of halogens is 3. The molecule has 0 saturated carbocycles. The van der Waals surface area contributed by atoms with Crippen LogP contribution in [-0.4, -0.2) is 29.8 Å². The van der Waals surface area contributed by atoms with E-state index in [9.17, 15) is 18.4 Å². The first kappa shape index (κ1) is 16.6. The highest BCUT2D eigenvalue weighted by Crippen LogP contribution is 2.26. The van der Waals surface area contributed by atoms with E-state index in [4.69, 9.17) is 0 Å². The predicted molar refractivity (Wildman–Crippen MR) is 87.3 cm³/mol. The molecule has 4 nitrogen and oxygen atoms in total. The fourth-order valence-corrected chi connectivity index (χ4v) is 3.17. The second kappa shape index (κ2) is 6.68. The molecule has 124 valence electrons. The third kappa shape index (κ3) is 3.31. The van der Waals surface area contributed by atoms with E-state index < -0.39 is 23.6 Å². The Morgan fingerprint density at radius 2 is 1.83 bits per heavy atom. The molecule has 1 N–H and O–H groups in total. The van der Waals surface area contributed by atoms with Crippen molar-refractivity contribution in [3.8, 4) is 0 Å². The first-order valence-electron chi connectivity index (χ1n) is 7.26. The highest BCUT2D eigenvalue weighted by molar-refractivity contribution is 9.10. The molecule has 0 radical (unpaired) electrons. The molecule has 1 saturated heterocycles. The molecular weight excluding hydrogens is 382 g/mol. The van der Waals surface area contributed by atoms with Gasteiger partial charge in [0.2, 0.25) is 5.91 Å². The third-order valence-corrected chi connectivity index (χ3v) is 4.23. The summed E-state index contributed by atoms with van der Waals surface area (Å²) in [6.45, 7) is 0.583. The molecule has 1 aliphatic rings. The molecule has 1 unspecified atom stereocenters. The monoisotopic (exact) mass is 394 g/mol. The zero-order valence-electron chi connectivity index (χ0n) is 12.4. The van der Waals surface area contributed by atoms with E-state index in [1.165, 1.54) is 41.3 Å². The molecule has 1 fully saturated rings. The van der Waals surface area contributed by atoms with Crippen LogP contribution >= 0.6 is 15.9 Å².